The van der Waals surface area contributed by atoms with E-state index < -0.39 is 21.9 Å². The zero-order chi connectivity index (χ0) is 22.9. The number of rotatable bonds is 7. The normalized spacial score (nSPS) is 17.4. The van der Waals surface area contributed by atoms with E-state index in [0.717, 1.165) is 27.9 Å². The molecule has 4 rings (SSSR count). The molecule has 1 aliphatic rings. The average molecular weight is 494 g/mol. The van der Waals surface area contributed by atoms with Crippen LogP contribution in [-0.2, 0) is 19.6 Å². The van der Waals surface area contributed by atoms with Crippen molar-refractivity contribution in [3.8, 4) is 5.13 Å². The summed E-state index contributed by atoms with van der Waals surface area (Å²) in [4.78, 5) is 29.7. The number of ketones is 1. The van der Waals surface area contributed by atoms with Gasteiger partial charge in [0.15, 0.2) is 11.7 Å². The SMILES string of the molecule is Cc1cc(C(=O)COC(=O)C2CCCN(S(=O)(=O)c3cccs3)C2)c(C)n1-c1nccs1. The summed E-state index contributed by atoms with van der Waals surface area (Å²) >= 11 is 2.62. The van der Waals surface area contributed by atoms with Crippen LogP contribution in [0.25, 0.3) is 5.13 Å². The van der Waals surface area contributed by atoms with Crippen molar-refractivity contribution in [3.05, 3.63) is 52.1 Å². The minimum atomic E-state index is -3.62. The molecule has 11 heteroatoms. The van der Waals surface area contributed by atoms with Gasteiger partial charge in [-0.15, -0.1) is 22.7 Å². The first-order valence-electron chi connectivity index (χ1n) is 10.1. The molecule has 1 saturated heterocycles. The molecule has 0 radical (unpaired) electrons. The summed E-state index contributed by atoms with van der Waals surface area (Å²) in [7, 11) is -3.62. The number of hydrogen-bond acceptors (Lipinski definition) is 8. The summed E-state index contributed by atoms with van der Waals surface area (Å²) in [6.45, 7) is 3.77. The van der Waals surface area contributed by atoms with E-state index in [-0.39, 0.29) is 23.1 Å². The van der Waals surface area contributed by atoms with Gasteiger partial charge in [-0.05, 0) is 44.2 Å². The molecule has 1 unspecified atom stereocenters. The molecule has 0 N–H and O–H groups in total. The molecule has 0 aromatic carbocycles. The lowest BCUT2D eigenvalue weighted by Crippen LogP contribution is -2.42. The second kappa shape index (κ2) is 9.26. The Kier molecular flexibility index (Phi) is 6.61. The highest BCUT2D eigenvalue weighted by Crippen LogP contribution is 2.27. The summed E-state index contributed by atoms with van der Waals surface area (Å²) in [6.07, 6.45) is 2.80. The minimum Gasteiger partial charge on any atom is -0.457 e. The molecule has 0 spiro atoms. The summed E-state index contributed by atoms with van der Waals surface area (Å²) in [5.41, 5.74) is 2.09. The third kappa shape index (κ3) is 4.42. The number of nitrogens with zero attached hydrogens (tertiary/aromatic N) is 3. The zero-order valence-electron chi connectivity index (χ0n) is 17.7. The molecule has 3 aromatic heterocycles. The monoisotopic (exact) mass is 493 g/mol. The fourth-order valence-corrected chi connectivity index (χ4v) is 7.31. The van der Waals surface area contributed by atoms with Gasteiger partial charge in [-0.1, -0.05) is 6.07 Å². The van der Waals surface area contributed by atoms with Crippen LogP contribution in [-0.4, -0.2) is 53.7 Å². The zero-order valence-corrected chi connectivity index (χ0v) is 20.1. The quantitative estimate of drug-likeness (QED) is 0.369. The van der Waals surface area contributed by atoms with Gasteiger partial charge in [0.25, 0.3) is 10.0 Å². The van der Waals surface area contributed by atoms with Gasteiger partial charge in [-0.25, -0.2) is 13.4 Å². The van der Waals surface area contributed by atoms with Crippen LogP contribution in [0.15, 0.2) is 39.4 Å². The molecule has 3 aromatic rings. The second-order valence-corrected chi connectivity index (χ2v) is 11.6. The summed E-state index contributed by atoms with van der Waals surface area (Å²) in [6, 6.07) is 5.01. The third-order valence-electron chi connectivity index (χ3n) is 5.49. The Hall–Kier alpha value is -2.34. The van der Waals surface area contributed by atoms with E-state index >= 15 is 0 Å². The van der Waals surface area contributed by atoms with Gasteiger partial charge in [-0.3, -0.25) is 14.2 Å². The van der Waals surface area contributed by atoms with Gasteiger partial charge in [0.1, 0.15) is 4.21 Å². The van der Waals surface area contributed by atoms with E-state index in [4.69, 9.17) is 4.74 Å². The van der Waals surface area contributed by atoms with E-state index in [1.54, 1.807) is 29.8 Å². The number of esters is 1. The van der Waals surface area contributed by atoms with Gasteiger partial charge in [0, 0.05) is 41.6 Å². The Balaban J connectivity index is 1.40. The molecule has 4 heterocycles. The van der Waals surface area contributed by atoms with E-state index in [2.05, 4.69) is 4.98 Å². The molecule has 170 valence electrons. The van der Waals surface area contributed by atoms with Crippen molar-refractivity contribution in [1.29, 1.82) is 0 Å². The highest BCUT2D eigenvalue weighted by molar-refractivity contribution is 7.91. The molecule has 1 aliphatic heterocycles. The fraction of sp³-hybridized carbons (Fsp3) is 0.381. The van der Waals surface area contributed by atoms with E-state index in [1.165, 1.54) is 15.6 Å². The Morgan fingerprint density at radius 2 is 2.06 bits per heavy atom. The second-order valence-electron chi connectivity index (χ2n) is 7.60. The van der Waals surface area contributed by atoms with Gasteiger partial charge in [-0.2, -0.15) is 4.31 Å². The number of aryl methyl sites for hydroxylation is 1. The number of sulfonamides is 1. The summed E-state index contributed by atoms with van der Waals surface area (Å²) < 4.78 is 34.3. The number of thiazole rings is 1. The minimum absolute atomic E-state index is 0.0613. The van der Waals surface area contributed by atoms with E-state index in [1.807, 2.05) is 23.8 Å². The van der Waals surface area contributed by atoms with Crippen molar-refractivity contribution in [2.45, 2.75) is 30.9 Å². The molecule has 32 heavy (non-hydrogen) atoms. The molecule has 1 atom stereocenters. The van der Waals surface area contributed by atoms with Crippen LogP contribution in [0.1, 0.15) is 34.6 Å². The van der Waals surface area contributed by atoms with Crippen molar-refractivity contribution in [2.75, 3.05) is 19.7 Å². The molecule has 0 saturated carbocycles. The predicted molar refractivity (Wildman–Crippen MR) is 122 cm³/mol. The van der Waals surface area contributed by atoms with Crippen molar-refractivity contribution in [2.24, 2.45) is 5.92 Å². The molecular formula is C21H23N3O5S3. The smallest absolute Gasteiger partial charge is 0.310 e. The molecule has 1 fully saturated rings. The fourth-order valence-electron chi connectivity index (χ4n) is 3.89. The van der Waals surface area contributed by atoms with Crippen molar-refractivity contribution < 1.29 is 22.7 Å². The summed E-state index contributed by atoms with van der Waals surface area (Å²) in [5, 5.41) is 4.34. The number of aromatic nitrogens is 2. The lowest BCUT2D eigenvalue weighted by molar-refractivity contribution is -0.148. The standard InChI is InChI=1S/C21H23N3O5S3/c1-14-11-17(15(2)24(14)21-22-7-10-31-21)18(25)13-29-20(26)16-5-3-8-23(12-16)32(27,28)19-6-4-9-30-19/h4,6-7,9-11,16H,3,5,8,12-13H2,1-2H3. The van der Waals surface area contributed by atoms with Gasteiger partial charge in [0.2, 0.25) is 5.78 Å². The Bertz CT molecular complexity index is 1210. The molecule has 8 nitrogen and oxygen atoms in total. The highest BCUT2D eigenvalue weighted by atomic mass is 32.2. The Morgan fingerprint density at radius 3 is 2.75 bits per heavy atom. The number of carbonyl (C=O) groups is 2. The maximum absolute atomic E-state index is 12.8. The molecule has 0 amide bonds. The Morgan fingerprint density at radius 1 is 1.25 bits per heavy atom. The number of ether oxygens (including phenoxy) is 1. The van der Waals surface area contributed by atoms with Crippen LogP contribution in [0.3, 0.4) is 0 Å². The van der Waals surface area contributed by atoms with Crippen molar-refractivity contribution in [1.82, 2.24) is 13.9 Å². The van der Waals surface area contributed by atoms with Crippen LogP contribution < -0.4 is 0 Å². The van der Waals surface area contributed by atoms with Crippen molar-refractivity contribution >= 4 is 44.4 Å². The van der Waals surface area contributed by atoms with Crippen molar-refractivity contribution in [3.63, 3.8) is 0 Å². The highest BCUT2D eigenvalue weighted by Gasteiger charge is 2.34. The first kappa shape index (κ1) is 22.8. The Labute approximate surface area is 194 Å². The van der Waals surface area contributed by atoms with E-state index in [9.17, 15) is 18.0 Å². The van der Waals surface area contributed by atoms with Crippen LogP contribution in [0.2, 0.25) is 0 Å². The lowest BCUT2D eigenvalue weighted by Gasteiger charge is -2.30. The molecular weight excluding hydrogens is 470 g/mol. The number of piperidine rings is 1. The van der Waals surface area contributed by atoms with Gasteiger partial charge < -0.3 is 4.74 Å². The van der Waals surface area contributed by atoms with Crippen LogP contribution in [0.4, 0.5) is 0 Å². The largest absolute Gasteiger partial charge is 0.457 e. The van der Waals surface area contributed by atoms with E-state index in [0.29, 0.717) is 24.9 Å². The molecule has 0 bridgehead atoms. The topological polar surface area (TPSA) is 98.6 Å². The summed E-state index contributed by atoms with van der Waals surface area (Å²) in [5.74, 6) is -1.43. The number of carbonyl (C=O) groups excluding carboxylic acids is 2. The van der Waals surface area contributed by atoms with Crippen LogP contribution >= 0.6 is 22.7 Å². The maximum Gasteiger partial charge on any atom is 0.310 e. The number of hydrogen-bond donors (Lipinski definition) is 0. The maximum atomic E-state index is 12.8. The predicted octanol–water partition coefficient (Wildman–Crippen LogP) is 3.44. The number of Topliss-reactive ketones (excluding diaryl/α,β-unsaturated/α-hetero) is 1. The first-order chi connectivity index (χ1) is 15.3. The molecule has 0 aliphatic carbocycles. The first-order valence-corrected chi connectivity index (χ1v) is 13.3. The van der Waals surface area contributed by atoms with Gasteiger partial charge in [0.05, 0.1) is 5.92 Å². The van der Waals surface area contributed by atoms with Crippen LogP contribution in [0.5, 0.6) is 0 Å². The lowest BCUT2D eigenvalue weighted by atomic mass is 10.00. The number of thiophene rings is 1. The van der Waals surface area contributed by atoms with Gasteiger partial charge >= 0.3 is 5.97 Å². The average Bonchev–Trinajstić information content (AvgIpc) is 3.54. The third-order valence-corrected chi connectivity index (χ3v) is 9.49. The van der Waals surface area contributed by atoms with Crippen LogP contribution in [0, 0.1) is 19.8 Å².